The van der Waals surface area contributed by atoms with E-state index in [1.165, 1.54) is 0 Å². The average molecular weight is 454 g/mol. The van der Waals surface area contributed by atoms with Crippen LogP contribution >= 0.6 is 11.6 Å². The summed E-state index contributed by atoms with van der Waals surface area (Å²) in [6, 6.07) is 6.87. The number of alkyl halides is 3. The number of aromatic nitrogens is 2. The molecule has 0 spiro atoms. The first-order chi connectivity index (χ1) is 14.5. The smallest absolute Gasteiger partial charge is 0.431 e. The Bertz CT molecular complexity index is 1080. The molecule has 1 aliphatic heterocycles. The summed E-state index contributed by atoms with van der Waals surface area (Å²) >= 11 is 6.21. The van der Waals surface area contributed by atoms with Gasteiger partial charge in [-0.3, -0.25) is 10.3 Å². The highest BCUT2D eigenvalue weighted by atomic mass is 35.5. The van der Waals surface area contributed by atoms with Crippen molar-refractivity contribution in [2.24, 2.45) is 0 Å². The van der Waals surface area contributed by atoms with Gasteiger partial charge in [0.15, 0.2) is 0 Å². The topological polar surface area (TPSA) is 70.2 Å². The molecule has 0 bridgehead atoms. The number of ether oxygens (including phenoxy) is 1. The quantitative estimate of drug-likeness (QED) is 0.466. The molecule has 9 heteroatoms. The minimum atomic E-state index is -4.90. The molecule has 0 amide bonds. The van der Waals surface area contributed by atoms with Gasteiger partial charge in [-0.15, -0.1) is 0 Å². The molecule has 0 saturated heterocycles. The molecule has 0 saturated carbocycles. The van der Waals surface area contributed by atoms with Crippen molar-refractivity contribution < 1.29 is 23.0 Å². The van der Waals surface area contributed by atoms with E-state index in [9.17, 15) is 18.3 Å². The van der Waals surface area contributed by atoms with Crippen molar-refractivity contribution in [3.8, 4) is 5.75 Å². The van der Waals surface area contributed by atoms with Crippen LogP contribution in [0.25, 0.3) is 10.9 Å². The van der Waals surface area contributed by atoms with Gasteiger partial charge >= 0.3 is 6.18 Å². The van der Waals surface area contributed by atoms with E-state index in [1.54, 1.807) is 50.5 Å². The Balaban J connectivity index is 1.61. The zero-order chi connectivity index (χ0) is 22.4. The molecule has 1 atom stereocenters. The van der Waals surface area contributed by atoms with Gasteiger partial charge in [-0.25, -0.2) is 0 Å². The van der Waals surface area contributed by atoms with Crippen molar-refractivity contribution in [2.45, 2.75) is 50.6 Å². The predicted octanol–water partition coefficient (Wildman–Crippen LogP) is 4.86. The lowest BCUT2D eigenvalue weighted by Crippen LogP contribution is -2.59. The highest BCUT2D eigenvalue weighted by molar-refractivity contribution is 6.30. The van der Waals surface area contributed by atoms with E-state index in [0.717, 1.165) is 10.9 Å². The lowest BCUT2D eigenvalue weighted by molar-refractivity contribution is -0.280. The van der Waals surface area contributed by atoms with Gasteiger partial charge in [0.2, 0.25) is 5.72 Å². The van der Waals surface area contributed by atoms with Crippen LogP contribution in [0.5, 0.6) is 5.75 Å². The van der Waals surface area contributed by atoms with Gasteiger partial charge in [-0.2, -0.15) is 13.2 Å². The Hall–Kier alpha value is -2.29. The summed E-state index contributed by atoms with van der Waals surface area (Å²) in [5, 5.41) is 14.4. The number of H-pyrrole nitrogens is 1. The number of nitrogens with one attached hydrogen (secondary N) is 2. The third-order valence-electron chi connectivity index (χ3n) is 5.70. The summed E-state index contributed by atoms with van der Waals surface area (Å²) in [5.74, 6) is 0.557. The van der Waals surface area contributed by atoms with Gasteiger partial charge in [-0.05, 0) is 35.2 Å². The Kier molecular flexibility index (Phi) is 5.44. The summed E-state index contributed by atoms with van der Waals surface area (Å²) in [6.07, 6.45) is -1.68. The Morgan fingerprint density at radius 2 is 2.03 bits per heavy atom. The van der Waals surface area contributed by atoms with E-state index in [4.69, 9.17) is 16.3 Å². The van der Waals surface area contributed by atoms with E-state index in [0.29, 0.717) is 40.6 Å². The van der Waals surface area contributed by atoms with Crippen molar-refractivity contribution in [1.82, 2.24) is 15.3 Å². The molecule has 5 nitrogen and oxygen atoms in total. The van der Waals surface area contributed by atoms with Gasteiger partial charge in [0.25, 0.3) is 0 Å². The van der Waals surface area contributed by atoms with Gasteiger partial charge in [0.05, 0.1) is 18.3 Å². The molecule has 4 rings (SSSR count). The van der Waals surface area contributed by atoms with Gasteiger partial charge in [-0.1, -0.05) is 25.4 Å². The summed E-state index contributed by atoms with van der Waals surface area (Å²) in [7, 11) is 0. The fraction of sp³-hybridized carbons (Fsp3) is 0.409. The minimum Gasteiger partial charge on any atom is -0.493 e. The second kappa shape index (κ2) is 7.69. The van der Waals surface area contributed by atoms with Crippen molar-refractivity contribution >= 4 is 22.5 Å². The van der Waals surface area contributed by atoms with Crippen LogP contribution in [-0.2, 0) is 18.4 Å². The summed E-state index contributed by atoms with van der Waals surface area (Å²) in [4.78, 5) is 7.00. The molecule has 31 heavy (non-hydrogen) atoms. The third kappa shape index (κ3) is 4.24. The molecular formula is C22H23ClF3N3O2. The van der Waals surface area contributed by atoms with Crippen LogP contribution in [0.15, 0.2) is 36.7 Å². The molecular weight excluding hydrogens is 431 g/mol. The highest BCUT2D eigenvalue weighted by Gasteiger charge is 2.56. The number of fused-ring (bicyclic) bond motifs is 2. The number of pyridine rings is 1. The Morgan fingerprint density at radius 1 is 1.26 bits per heavy atom. The molecule has 3 N–H and O–H groups in total. The van der Waals surface area contributed by atoms with Crippen LogP contribution in [0, 0.1) is 0 Å². The van der Waals surface area contributed by atoms with Gasteiger partial charge in [0.1, 0.15) is 5.75 Å². The molecule has 3 heterocycles. The number of nitrogens with zero attached hydrogens (tertiary/aromatic N) is 1. The number of halogens is 4. The van der Waals surface area contributed by atoms with E-state index >= 15 is 0 Å². The number of benzene rings is 1. The lowest BCUT2D eigenvalue weighted by Gasteiger charge is -2.38. The molecule has 1 aromatic carbocycles. The normalized spacial score (nSPS) is 16.2. The molecule has 3 aromatic rings. The average Bonchev–Trinajstić information content (AvgIpc) is 3.30. The van der Waals surface area contributed by atoms with Crippen LogP contribution in [0.3, 0.4) is 0 Å². The van der Waals surface area contributed by atoms with Crippen LogP contribution in [0.4, 0.5) is 13.2 Å². The first-order valence-electron chi connectivity index (χ1n) is 9.90. The number of hydrogen-bond acceptors (Lipinski definition) is 4. The highest BCUT2D eigenvalue weighted by Crippen LogP contribution is 2.45. The fourth-order valence-corrected chi connectivity index (χ4v) is 4.38. The standard InChI is InChI=1S/C22H23ClF3N3O2/c1-20(2,17-9-15(23)7-14-4-6-31-19(14)17)12-21(30,22(24,25)26)28-10-16-8-13-3-5-27-11-18(13)29-16/h3,5,7-9,11,28-30H,4,6,10,12H2,1-2H3. The first-order valence-corrected chi connectivity index (χ1v) is 10.3. The lowest BCUT2D eigenvalue weighted by atomic mass is 9.76. The number of aliphatic hydroxyl groups is 1. The van der Waals surface area contributed by atoms with E-state index in [2.05, 4.69) is 15.3 Å². The zero-order valence-corrected chi connectivity index (χ0v) is 17.9. The van der Waals surface area contributed by atoms with Crippen LogP contribution in [-0.4, -0.2) is 33.6 Å². The van der Waals surface area contributed by atoms with Crippen molar-refractivity contribution in [3.63, 3.8) is 0 Å². The molecule has 166 valence electrons. The molecule has 1 aliphatic rings. The SMILES string of the molecule is CC(C)(CC(O)(NCc1cc2ccncc2[nH]1)C(F)(F)F)c1cc(Cl)cc2c1OCC2. The second-order valence-corrected chi connectivity index (χ2v) is 9.01. The van der Waals surface area contributed by atoms with Crippen LogP contribution in [0.1, 0.15) is 37.1 Å². The molecule has 0 fully saturated rings. The first kappa shape index (κ1) is 21.9. The third-order valence-corrected chi connectivity index (χ3v) is 5.91. The fourth-order valence-electron chi connectivity index (χ4n) is 4.14. The van der Waals surface area contributed by atoms with E-state index in [-0.39, 0.29) is 6.54 Å². The maximum atomic E-state index is 14.0. The van der Waals surface area contributed by atoms with Crippen LogP contribution < -0.4 is 10.1 Å². The number of rotatable bonds is 6. The summed E-state index contributed by atoms with van der Waals surface area (Å²) in [6.45, 7) is 3.54. The molecule has 1 unspecified atom stereocenters. The van der Waals surface area contributed by atoms with Gasteiger partial charge < -0.3 is 14.8 Å². The Labute approximate surface area is 182 Å². The number of aromatic amines is 1. The predicted molar refractivity (Wildman–Crippen MR) is 112 cm³/mol. The van der Waals surface area contributed by atoms with E-state index in [1.807, 2.05) is 0 Å². The maximum Gasteiger partial charge on any atom is 0.431 e. The van der Waals surface area contributed by atoms with Gasteiger partial charge in [0, 0.05) is 47.2 Å². The maximum absolute atomic E-state index is 14.0. The van der Waals surface area contributed by atoms with Crippen molar-refractivity contribution in [3.05, 3.63) is 58.5 Å². The largest absolute Gasteiger partial charge is 0.493 e. The van der Waals surface area contributed by atoms with E-state index < -0.39 is 23.7 Å². The molecule has 0 aliphatic carbocycles. The summed E-state index contributed by atoms with van der Waals surface area (Å²) < 4.78 is 47.7. The zero-order valence-electron chi connectivity index (χ0n) is 17.1. The molecule has 2 aromatic heterocycles. The van der Waals surface area contributed by atoms with Crippen molar-refractivity contribution in [1.29, 1.82) is 0 Å². The summed E-state index contributed by atoms with van der Waals surface area (Å²) in [5.41, 5.74) is -1.57. The second-order valence-electron chi connectivity index (χ2n) is 8.57. The molecule has 0 radical (unpaired) electrons. The van der Waals surface area contributed by atoms with Crippen molar-refractivity contribution in [2.75, 3.05) is 6.61 Å². The Morgan fingerprint density at radius 3 is 2.74 bits per heavy atom. The minimum absolute atomic E-state index is 0.203. The van der Waals surface area contributed by atoms with Crippen LogP contribution in [0.2, 0.25) is 5.02 Å². The monoisotopic (exact) mass is 453 g/mol. The number of hydrogen-bond donors (Lipinski definition) is 3.